The van der Waals surface area contributed by atoms with Crippen molar-refractivity contribution >= 4 is 38.6 Å². The van der Waals surface area contributed by atoms with Gasteiger partial charge in [-0.05, 0) is 24.1 Å². The number of nitrogens with one attached hydrogen (secondary N) is 1. The van der Waals surface area contributed by atoms with Gasteiger partial charge in [-0.15, -0.1) is 5.10 Å². The fraction of sp³-hybridized carbons (Fsp3) is 0.200. The summed E-state index contributed by atoms with van der Waals surface area (Å²) in [6, 6.07) is 20.8. The van der Waals surface area contributed by atoms with E-state index in [-0.39, 0.29) is 0 Å². The highest BCUT2D eigenvalue weighted by molar-refractivity contribution is 9.09. The molecule has 4 aromatic rings. The normalized spacial score (nSPS) is 11.3. The molecule has 0 saturated heterocycles. The maximum absolute atomic E-state index is 4.81. The minimum atomic E-state index is 0.756. The molecule has 2 heterocycles. The lowest BCUT2D eigenvalue weighted by molar-refractivity contribution is 0.555. The van der Waals surface area contributed by atoms with Crippen molar-refractivity contribution in [2.75, 3.05) is 5.33 Å². The first-order valence-electron chi connectivity index (χ1n) is 8.59. The van der Waals surface area contributed by atoms with Crippen LogP contribution in [0.25, 0.3) is 22.4 Å². The second kappa shape index (κ2) is 8.10. The summed E-state index contributed by atoms with van der Waals surface area (Å²) in [7, 11) is 0. The molecule has 6 heteroatoms. The molecule has 2 aromatic heterocycles. The van der Waals surface area contributed by atoms with Gasteiger partial charge in [0.05, 0.1) is 5.69 Å². The van der Waals surface area contributed by atoms with Crippen LogP contribution in [0, 0.1) is 0 Å². The number of halogens is 1. The van der Waals surface area contributed by atoms with E-state index in [0.717, 1.165) is 46.2 Å². The number of aromatic amines is 1. The quantitative estimate of drug-likeness (QED) is 0.313. The lowest BCUT2D eigenvalue weighted by atomic mass is 10.2. The fourth-order valence-corrected chi connectivity index (χ4v) is 3.99. The first-order chi connectivity index (χ1) is 12.8. The summed E-state index contributed by atoms with van der Waals surface area (Å²) in [5.41, 5.74) is 3.36. The van der Waals surface area contributed by atoms with Crippen molar-refractivity contribution < 1.29 is 0 Å². The number of para-hydroxylation sites is 1. The van der Waals surface area contributed by atoms with E-state index < -0.39 is 0 Å². The molecule has 0 fully saturated rings. The zero-order chi connectivity index (χ0) is 17.8. The zero-order valence-corrected chi connectivity index (χ0v) is 16.6. The number of nitrogens with zero attached hydrogens (tertiary/aromatic N) is 3. The maximum Gasteiger partial charge on any atom is 0.198 e. The van der Waals surface area contributed by atoms with Crippen LogP contribution in [0.2, 0.25) is 0 Å². The molecule has 4 rings (SSSR count). The van der Waals surface area contributed by atoms with Crippen molar-refractivity contribution in [1.82, 2.24) is 19.7 Å². The number of aromatic nitrogens is 4. The minimum absolute atomic E-state index is 0.756. The molecule has 0 spiro atoms. The van der Waals surface area contributed by atoms with E-state index in [0.29, 0.717) is 0 Å². The molecule has 0 saturated carbocycles. The third kappa shape index (κ3) is 3.86. The van der Waals surface area contributed by atoms with Crippen molar-refractivity contribution in [3.05, 3.63) is 66.2 Å². The van der Waals surface area contributed by atoms with Gasteiger partial charge in [0.25, 0.3) is 0 Å². The van der Waals surface area contributed by atoms with Crippen LogP contribution in [-0.2, 0) is 12.3 Å². The van der Waals surface area contributed by atoms with Gasteiger partial charge >= 0.3 is 0 Å². The molecule has 0 bridgehead atoms. The van der Waals surface area contributed by atoms with Crippen LogP contribution >= 0.6 is 27.7 Å². The highest BCUT2D eigenvalue weighted by atomic mass is 79.9. The van der Waals surface area contributed by atoms with Gasteiger partial charge in [0.15, 0.2) is 11.0 Å². The lowest BCUT2D eigenvalue weighted by Crippen LogP contribution is -2.03. The SMILES string of the molecule is BrCCCn1nc(-c2cc3ccccc3[nH]2)nc1SCc1ccccc1. The van der Waals surface area contributed by atoms with Gasteiger partial charge in [-0.25, -0.2) is 4.68 Å². The number of hydrogen-bond donors (Lipinski definition) is 1. The molecule has 26 heavy (non-hydrogen) atoms. The van der Waals surface area contributed by atoms with Crippen molar-refractivity contribution in [2.45, 2.75) is 23.9 Å². The van der Waals surface area contributed by atoms with E-state index >= 15 is 0 Å². The average molecular weight is 427 g/mol. The Balaban J connectivity index is 1.61. The molecular weight excluding hydrogens is 408 g/mol. The van der Waals surface area contributed by atoms with Gasteiger partial charge in [-0.2, -0.15) is 4.98 Å². The Morgan fingerprint density at radius 2 is 1.85 bits per heavy atom. The highest BCUT2D eigenvalue weighted by Crippen LogP contribution is 2.26. The van der Waals surface area contributed by atoms with E-state index in [4.69, 9.17) is 10.1 Å². The van der Waals surface area contributed by atoms with E-state index in [1.54, 1.807) is 11.8 Å². The van der Waals surface area contributed by atoms with Gasteiger partial charge in [-0.3, -0.25) is 0 Å². The molecule has 0 atom stereocenters. The molecule has 2 aromatic carbocycles. The molecule has 0 aliphatic carbocycles. The third-order valence-electron chi connectivity index (χ3n) is 4.12. The number of rotatable bonds is 7. The standard InChI is InChI=1S/C20H19BrN4S/c21-11-6-12-25-20(26-14-15-7-2-1-3-8-15)23-19(24-25)18-13-16-9-4-5-10-17(16)22-18/h1-5,7-10,13,22H,6,11-12,14H2. The second-order valence-corrected chi connectivity index (χ2v) is 7.76. The summed E-state index contributed by atoms with van der Waals surface area (Å²) in [5, 5.41) is 7.85. The topological polar surface area (TPSA) is 46.5 Å². The van der Waals surface area contributed by atoms with Crippen molar-refractivity contribution in [2.24, 2.45) is 0 Å². The van der Waals surface area contributed by atoms with Gasteiger partial charge < -0.3 is 4.98 Å². The Hall–Kier alpha value is -2.05. The average Bonchev–Trinajstić information content (AvgIpc) is 3.29. The second-order valence-electron chi connectivity index (χ2n) is 6.03. The number of fused-ring (bicyclic) bond motifs is 1. The Labute approximate surface area is 165 Å². The largest absolute Gasteiger partial charge is 0.352 e. The highest BCUT2D eigenvalue weighted by Gasteiger charge is 2.14. The van der Waals surface area contributed by atoms with Crippen LogP contribution in [-0.4, -0.2) is 25.1 Å². The summed E-state index contributed by atoms with van der Waals surface area (Å²) in [4.78, 5) is 8.24. The van der Waals surface area contributed by atoms with Gasteiger partial charge in [-0.1, -0.05) is 76.2 Å². The van der Waals surface area contributed by atoms with E-state index in [1.807, 2.05) is 22.9 Å². The smallest absolute Gasteiger partial charge is 0.198 e. The summed E-state index contributed by atoms with van der Waals surface area (Å²) >= 11 is 5.24. The molecule has 0 unspecified atom stereocenters. The number of benzene rings is 2. The van der Waals surface area contributed by atoms with Crippen LogP contribution in [0.4, 0.5) is 0 Å². The number of hydrogen-bond acceptors (Lipinski definition) is 3. The Kier molecular flexibility index (Phi) is 5.41. The maximum atomic E-state index is 4.81. The number of H-pyrrole nitrogens is 1. The van der Waals surface area contributed by atoms with Crippen LogP contribution in [0.15, 0.2) is 65.8 Å². The summed E-state index contributed by atoms with van der Waals surface area (Å²) in [6.07, 6.45) is 1.02. The van der Waals surface area contributed by atoms with E-state index in [1.165, 1.54) is 10.9 Å². The minimum Gasteiger partial charge on any atom is -0.352 e. The summed E-state index contributed by atoms with van der Waals surface area (Å²) in [5.74, 6) is 1.64. The van der Waals surface area contributed by atoms with Gasteiger partial charge in [0.2, 0.25) is 0 Å². The molecule has 0 amide bonds. The third-order valence-corrected chi connectivity index (χ3v) is 5.72. The van der Waals surface area contributed by atoms with Gasteiger partial charge in [0.1, 0.15) is 0 Å². The summed E-state index contributed by atoms with van der Waals surface area (Å²) in [6.45, 7) is 0.857. The van der Waals surface area contributed by atoms with Crippen molar-refractivity contribution in [3.63, 3.8) is 0 Å². The van der Waals surface area contributed by atoms with Crippen LogP contribution in [0.1, 0.15) is 12.0 Å². The molecule has 0 aliphatic rings. The van der Waals surface area contributed by atoms with Crippen LogP contribution in [0.5, 0.6) is 0 Å². The number of aryl methyl sites for hydroxylation is 1. The van der Waals surface area contributed by atoms with Crippen LogP contribution < -0.4 is 0 Å². The predicted octanol–water partition coefficient (Wildman–Crippen LogP) is 5.50. The first-order valence-corrected chi connectivity index (χ1v) is 10.7. The number of thioether (sulfide) groups is 1. The van der Waals surface area contributed by atoms with E-state index in [2.05, 4.69) is 63.4 Å². The van der Waals surface area contributed by atoms with E-state index in [9.17, 15) is 0 Å². The Morgan fingerprint density at radius 1 is 1.04 bits per heavy atom. The number of alkyl halides is 1. The lowest BCUT2D eigenvalue weighted by Gasteiger charge is -2.04. The molecular formula is C20H19BrN4S. The van der Waals surface area contributed by atoms with Crippen molar-refractivity contribution in [1.29, 1.82) is 0 Å². The van der Waals surface area contributed by atoms with Crippen LogP contribution in [0.3, 0.4) is 0 Å². The van der Waals surface area contributed by atoms with Gasteiger partial charge in [0, 0.05) is 28.5 Å². The fourth-order valence-electron chi connectivity index (χ4n) is 2.82. The monoisotopic (exact) mass is 426 g/mol. The van der Waals surface area contributed by atoms with Crippen molar-refractivity contribution in [3.8, 4) is 11.5 Å². The molecule has 1 N–H and O–H groups in total. The Morgan fingerprint density at radius 3 is 2.65 bits per heavy atom. The Bertz CT molecular complexity index is 960. The predicted molar refractivity (Wildman–Crippen MR) is 112 cm³/mol. The molecule has 4 nitrogen and oxygen atoms in total. The first kappa shape index (κ1) is 17.4. The molecule has 0 aliphatic heterocycles. The molecule has 0 radical (unpaired) electrons. The molecule has 132 valence electrons. The zero-order valence-electron chi connectivity index (χ0n) is 14.2. The summed E-state index contributed by atoms with van der Waals surface area (Å²) < 4.78 is 2.02.